The highest BCUT2D eigenvalue weighted by Gasteiger charge is 2.16. The van der Waals surface area contributed by atoms with Gasteiger partial charge in [-0.15, -0.1) is 0 Å². The van der Waals surface area contributed by atoms with Gasteiger partial charge >= 0.3 is 0 Å². The molecule has 0 unspecified atom stereocenters. The number of hydrogen-bond acceptors (Lipinski definition) is 5. The molecule has 118 valence electrons. The Hall–Kier alpha value is -3.48. The fourth-order valence-electron chi connectivity index (χ4n) is 2.54. The van der Waals surface area contributed by atoms with Crippen molar-refractivity contribution >= 4 is 28.1 Å². The lowest BCUT2D eigenvalue weighted by Crippen LogP contribution is -2.13. The standard InChI is InChI=1S/C17H13N5O2/c1-24-15-8-11-4-2-5-18-13(11)9-14(15)21-17(23)12-10-20-22-7-3-6-19-16(12)22/h2-10H,1H3,(H,21,23). The molecule has 4 rings (SSSR count). The van der Waals surface area contributed by atoms with Crippen LogP contribution in [0.4, 0.5) is 5.69 Å². The molecule has 0 saturated carbocycles. The molecule has 0 bridgehead atoms. The average Bonchev–Trinajstić information content (AvgIpc) is 3.05. The van der Waals surface area contributed by atoms with Crippen molar-refractivity contribution in [2.24, 2.45) is 0 Å². The van der Waals surface area contributed by atoms with Gasteiger partial charge in [0.1, 0.15) is 11.3 Å². The summed E-state index contributed by atoms with van der Waals surface area (Å²) in [7, 11) is 1.56. The molecular weight excluding hydrogens is 306 g/mol. The molecule has 0 aliphatic carbocycles. The summed E-state index contributed by atoms with van der Waals surface area (Å²) in [6.45, 7) is 0. The largest absolute Gasteiger partial charge is 0.495 e. The van der Waals surface area contributed by atoms with Crippen molar-refractivity contribution in [2.75, 3.05) is 12.4 Å². The number of nitrogens with zero attached hydrogens (tertiary/aromatic N) is 4. The highest BCUT2D eigenvalue weighted by molar-refractivity contribution is 6.09. The van der Waals surface area contributed by atoms with Gasteiger partial charge in [0.25, 0.3) is 5.91 Å². The van der Waals surface area contributed by atoms with Gasteiger partial charge in [-0.05, 0) is 24.3 Å². The minimum absolute atomic E-state index is 0.308. The van der Waals surface area contributed by atoms with Crippen LogP contribution in [0, 0.1) is 0 Å². The first kappa shape index (κ1) is 14.1. The molecule has 0 fully saturated rings. The Bertz CT molecular complexity index is 1060. The quantitative estimate of drug-likeness (QED) is 0.627. The second-order valence-corrected chi connectivity index (χ2v) is 5.15. The maximum atomic E-state index is 12.6. The molecule has 1 amide bonds. The lowest BCUT2D eigenvalue weighted by molar-refractivity contribution is 0.102. The number of hydrogen-bond donors (Lipinski definition) is 1. The Morgan fingerprint density at radius 2 is 2.08 bits per heavy atom. The lowest BCUT2D eigenvalue weighted by Gasteiger charge is -2.11. The topological polar surface area (TPSA) is 81.4 Å². The Balaban J connectivity index is 1.74. The number of carbonyl (C=O) groups is 1. The number of rotatable bonds is 3. The number of amides is 1. The molecular formula is C17H13N5O2. The number of benzene rings is 1. The molecule has 0 spiro atoms. The normalized spacial score (nSPS) is 10.9. The van der Waals surface area contributed by atoms with Crippen LogP contribution in [0.3, 0.4) is 0 Å². The molecule has 0 atom stereocenters. The van der Waals surface area contributed by atoms with E-state index in [2.05, 4.69) is 20.4 Å². The smallest absolute Gasteiger partial charge is 0.261 e. The van der Waals surface area contributed by atoms with E-state index in [-0.39, 0.29) is 5.91 Å². The van der Waals surface area contributed by atoms with Crippen LogP contribution in [-0.2, 0) is 0 Å². The Labute approximate surface area is 136 Å². The maximum absolute atomic E-state index is 12.6. The summed E-state index contributed by atoms with van der Waals surface area (Å²) in [6, 6.07) is 9.16. The van der Waals surface area contributed by atoms with Gasteiger partial charge in [-0.2, -0.15) is 5.10 Å². The van der Waals surface area contributed by atoms with Gasteiger partial charge in [0.15, 0.2) is 5.65 Å². The van der Waals surface area contributed by atoms with E-state index >= 15 is 0 Å². The molecule has 7 nitrogen and oxygen atoms in total. The zero-order valence-electron chi connectivity index (χ0n) is 12.8. The third-order valence-corrected chi connectivity index (χ3v) is 3.70. The van der Waals surface area contributed by atoms with Gasteiger partial charge in [-0.1, -0.05) is 6.07 Å². The van der Waals surface area contributed by atoms with Crippen LogP contribution in [0.25, 0.3) is 16.6 Å². The van der Waals surface area contributed by atoms with E-state index in [0.717, 1.165) is 10.9 Å². The second kappa shape index (κ2) is 5.62. The third-order valence-electron chi connectivity index (χ3n) is 3.70. The molecule has 0 aliphatic rings. The van der Waals surface area contributed by atoms with Gasteiger partial charge in [-0.3, -0.25) is 9.78 Å². The monoisotopic (exact) mass is 319 g/mol. The van der Waals surface area contributed by atoms with E-state index in [1.807, 2.05) is 18.2 Å². The summed E-state index contributed by atoms with van der Waals surface area (Å²) in [5.41, 5.74) is 2.20. The summed E-state index contributed by atoms with van der Waals surface area (Å²) in [6.07, 6.45) is 6.55. The van der Waals surface area contributed by atoms with Crippen LogP contribution in [0.1, 0.15) is 10.4 Å². The van der Waals surface area contributed by atoms with Crippen molar-refractivity contribution in [3.63, 3.8) is 0 Å². The SMILES string of the molecule is COc1cc2cccnc2cc1NC(=O)c1cnn2cccnc12. The number of ether oxygens (including phenoxy) is 1. The predicted molar refractivity (Wildman–Crippen MR) is 89.2 cm³/mol. The van der Waals surface area contributed by atoms with E-state index in [4.69, 9.17) is 4.74 Å². The van der Waals surface area contributed by atoms with Crippen molar-refractivity contribution in [3.8, 4) is 5.75 Å². The number of carbonyl (C=O) groups excluding carboxylic acids is 1. The van der Waals surface area contributed by atoms with E-state index in [1.54, 1.807) is 42.3 Å². The molecule has 0 radical (unpaired) electrons. The molecule has 3 heterocycles. The highest BCUT2D eigenvalue weighted by atomic mass is 16.5. The summed E-state index contributed by atoms with van der Waals surface area (Å²) in [4.78, 5) is 21.1. The van der Waals surface area contributed by atoms with Crippen LogP contribution in [-0.4, -0.2) is 32.6 Å². The fourth-order valence-corrected chi connectivity index (χ4v) is 2.54. The Morgan fingerprint density at radius 3 is 2.96 bits per heavy atom. The van der Waals surface area contributed by atoms with Crippen LogP contribution in [0.2, 0.25) is 0 Å². The van der Waals surface area contributed by atoms with E-state index < -0.39 is 0 Å². The molecule has 7 heteroatoms. The second-order valence-electron chi connectivity index (χ2n) is 5.15. The molecule has 0 saturated heterocycles. The predicted octanol–water partition coefficient (Wildman–Crippen LogP) is 2.54. The van der Waals surface area contributed by atoms with Crippen molar-refractivity contribution in [1.82, 2.24) is 19.6 Å². The van der Waals surface area contributed by atoms with Crippen molar-refractivity contribution in [1.29, 1.82) is 0 Å². The van der Waals surface area contributed by atoms with Crippen molar-refractivity contribution < 1.29 is 9.53 Å². The van der Waals surface area contributed by atoms with Gasteiger partial charge in [-0.25, -0.2) is 9.50 Å². The van der Waals surface area contributed by atoms with Gasteiger partial charge in [0.2, 0.25) is 0 Å². The first-order chi connectivity index (χ1) is 11.8. The fraction of sp³-hybridized carbons (Fsp3) is 0.0588. The number of methoxy groups -OCH3 is 1. The number of nitrogens with one attached hydrogen (secondary N) is 1. The minimum atomic E-state index is -0.308. The third kappa shape index (κ3) is 2.32. The maximum Gasteiger partial charge on any atom is 0.261 e. The van der Waals surface area contributed by atoms with Crippen LogP contribution >= 0.6 is 0 Å². The van der Waals surface area contributed by atoms with Crippen molar-refractivity contribution in [2.45, 2.75) is 0 Å². The zero-order chi connectivity index (χ0) is 16.5. The van der Waals surface area contributed by atoms with E-state index in [9.17, 15) is 4.79 Å². The van der Waals surface area contributed by atoms with Crippen LogP contribution < -0.4 is 10.1 Å². The molecule has 0 aliphatic heterocycles. The van der Waals surface area contributed by atoms with Crippen LogP contribution in [0.15, 0.2) is 55.1 Å². The molecule has 1 aromatic carbocycles. The number of aromatic nitrogens is 4. The molecule has 24 heavy (non-hydrogen) atoms. The molecule has 4 aromatic rings. The van der Waals surface area contributed by atoms with Crippen molar-refractivity contribution in [3.05, 3.63) is 60.7 Å². The zero-order valence-corrected chi connectivity index (χ0v) is 12.8. The summed E-state index contributed by atoms with van der Waals surface area (Å²) < 4.78 is 6.93. The summed E-state index contributed by atoms with van der Waals surface area (Å²) in [5.74, 6) is 0.255. The number of anilines is 1. The lowest BCUT2D eigenvalue weighted by atomic mass is 10.1. The summed E-state index contributed by atoms with van der Waals surface area (Å²) >= 11 is 0. The Kier molecular flexibility index (Phi) is 3.31. The number of pyridine rings is 1. The number of fused-ring (bicyclic) bond motifs is 2. The molecule has 1 N–H and O–H groups in total. The van der Waals surface area contributed by atoms with E-state index in [1.165, 1.54) is 6.20 Å². The van der Waals surface area contributed by atoms with Gasteiger partial charge in [0, 0.05) is 24.0 Å². The molecule has 3 aromatic heterocycles. The minimum Gasteiger partial charge on any atom is -0.495 e. The first-order valence-corrected chi connectivity index (χ1v) is 7.29. The van der Waals surface area contributed by atoms with Gasteiger partial charge in [0.05, 0.1) is 24.5 Å². The highest BCUT2D eigenvalue weighted by Crippen LogP contribution is 2.29. The Morgan fingerprint density at radius 1 is 1.21 bits per heavy atom. The first-order valence-electron chi connectivity index (χ1n) is 7.29. The van der Waals surface area contributed by atoms with Gasteiger partial charge < -0.3 is 10.1 Å². The van der Waals surface area contributed by atoms with Crippen LogP contribution in [0.5, 0.6) is 5.75 Å². The van der Waals surface area contributed by atoms with E-state index in [0.29, 0.717) is 22.6 Å². The summed E-state index contributed by atoms with van der Waals surface area (Å²) in [5, 5.41) is 7.91. The average molecular weight is 319 g/mol.